The van der Waals surface area contributed by atoms with E-state index in [4.69, 9.17) is 20.9 Å². The summed E-state index contributed by atoms with van der Waals surface area (Å²) >= 11 is 6.30. The van der Waals surface area contributed by atoms with Gasteiger partial charge in [-0.3, -0.25) is 4.98 Å². The molecule has 1 unspecified atom stereocenters. The fourth-order valence-electron chi connectivity index (χ4n) is 3.13. The Labute approximate surface area is 150 Å². The van der Waals surface area contributed by atoms with E-state index in [-0.39, 0.29) is 5.92 Å². The molecule has 0 radical (unpaired) electrons. The van der Waals surface area contributed by atoms with Gasteiger partial charge in [0.05, 0.1) is 35.5 Å². The normalized spacial score (nSPS) is 17.0. The van der Waals surface area contributed by atoms with Gasteiger partial charge in [-0.15, -0.1) is 0 Å². The summed E-state index contributed by atoms with van der Waals surface area (Å²) in [5.41, 5.74) is 1.82. The number of halogens is 1. The molecule has 128 valence electrons. The van der Waals surface area contributed by atoms with Crippen molar-refractivity contribution in [3.05, 3.63) is 53.6 Å². The Morgan fingerprint density at radius 3 is 3.00 bits per heavy atom. The molecule has 0 bridgehead atoms. The summed E-state index contributed by atoms with van der Waals surface area (Å²) in [6.07, 6.45) is 4.27. The zero-order chi connectivity index (χ0) is 17.2. The van der Waals surface area contributed by atoms with Gasteiger partial charge in [-0.25, -0.2) is 0 Å². The van der Waals surface area contributed by atoms with E-state index >= 15 is 0 Å². The molecule has 0 saturated carbocycles. The third kappa shape index (κ3) is 3.05. The van der Waals surface area contributed by atoms with Crippen LogP contribution in [-0.4, -0.2) is 35.3 Å². The molecular weight excluding hydrogens is 340 g/mol. The third-order valence-corrected chi connectivity index (χ3v) is 4.74. The van der Waals surface area contributed by atoms with Crippen LogP contribution in [0.3, 0.4) is 0 Å². The average molecular weight is 357 g/mol. The van der Waals surface area contributed by atoms with E-state index in [0.29, 0.717) is 17.5 Å². The maximum absolute atomic E-state index is 6.30. The maximum Gasteiger partial charge on any atom is 0.231 e. The minimum atomic E-state index is 0.186. The van der Waals surface area contributed by atoms with Crippen LogP contribution in [0.5, 0.6) is 5.75 Å². The van der Waals surface area contributed by atoms with Crippen LogP contribution in [0.4, 0.5) is 5.69 Å². The highest BCUT2D eigenvalue weighted by molar-refractivity contribution is 6.33. The average Bonchev–Trinajstić information content (AvgIpc) is 3.31. The SMILES string of the molecule is COc1cnccc1-c1noc(C2CCN(c3ccccc3Cl)C2)n1. The largest absolute Gasteiger partial charge is 0.494 e. The van der Waals surface area contributed by atoms with Crippen LogP contribution in [0.15, 0.2) is 47.2 Å². The highest BCUT2D eigenvalue weighted by Crippen LogP contribution is 2.35. The first kappa shape index (κ1) is 15.9. The Bertz CT molecular complexity index is 883. The first-order valence-corrected chi connectivity index (χ1v) is 8.45. The Balaban J connectivity index is 1.55. The monoisotopic (exact) mass is 356 g/mol. The summed E-state index contributed by atoms with van der Waals surface area (Å²) < 4.78 is 10.8. The molecule has 6 nitrogen and oxygen atoms in total. The zero-order valence-corrected chi connectivity index (χ0v) is 14.5. The molecule has 1 saturated heterocycles. The molecule has 1 aliphatic rings. The Morgan fingerprint density at radius 2 is 2.16 bits per heavy atom. The van der Waals surface area contributed by atoms with E-state index in [2.05, 4.69) is 20.0 Å². The Hall–Kier alpha value is -2.60. The highest BCUT2D eigenvalue weighted by atomic mass is 35.5. The quantitative estimate of drug-likeness (QED) is 0.708. The first-order chi connectivity index (χ1) is 12.3. The molecule has 7 heteroatoms. The van der Waals surface area contributed by atoms with E-state index in [1.54, 1.807) is 19.5 Å². The minimum Gasteiger partial charge on any atom is -0.494 e. The summed E-state index contributed by atoms with van der Waals surface area (Å²) in [5, 5.41) is 4.88. The van der Waals surface area contributed by atoms with E-state index in [0.717, 1.165) is 35.8 Å². The molecule has 0 aliphatic carbocycles. The molecule has 0 amide bonds. The van der Waals surface area contributed by atoms with Gasteiger partial charge in [0.25, 0.3) is 0 Å². The second-order valence-corrected chi connectivity index (χ2v) is 6.32. The number of rotatable bonds is 4. The van der Waals surface area contributed by atoms with Gasteiger partial charge in [0, 0.05) is 19.3 Å². The van der Waals surface area contributed by atoms with Crippen LogP contribution in [0.25, 0.3) is 11.4 Å². The maximum atomic E-state index is 6.30. The van der Waals surface area contributed by atoms with Crippen molar-refractivity contribution in [2.45, 2.75) is 12.3 Å². The van der Waals surface area contributed by atoms with Gasteiger partial charge in [-0.05, 0) is 24.6 Å². The summed E-state index contributed by atoms with van der Waals surface area (Å²) in [7, 11) is 1.60. The van der Waals surface area contributed by atoms with Crippen molar-refractivity contribution in [1.29, 1.82) is 0 Å². The van der Waals surface area contributed by atoms with Crippen LogP contribution < -0.4 is 9.64 Å². The molecule has 25 heavy (non-hydrogen) atoms. The lowest BCUT2D eigenvalue weighted by molar-refractivity contribution is 0.359. The third-order valence-electron chi connectivity index (χ3n) is 4.42. The van der Waals surface area contributed by atoms with E-state index < -0.39 is 0 Å². The number of nitrogens with zero attached hydrogens (tertiary/aromatic N) is 4. The van der Waals surface area contributed by atoms with Crippen LogP contribution in [0.1, 0.15) is 18.2 Å². The standard InChI is InChI=1S/C18H17ClN4O2/c1-24-16-10-20-8-6-13(16)17-21-18(25-22-17)12-7-9-23(11-12)15-5-3-2-4-14(15)19/h2-6,8,10,12H,7,9,11H2,1H3. The van der Waals surface area contributed by atoms with Gasteiger partial charge in [-0.1, -0.05) is 28.9 Å². The Morgan fingerprint density at radius 1 is 1.28 bits per heavy atom. The van der Waals surface area contributed by atoms with Gasteiger partial charge in [-0.2, -0.15) is 4.98 Å². The number of hydrogen-bond donors (Lipinski definition) is 0. The topological polar surface area (TPSA) is 64.3 Å². The molecule has 0 spiro atoms. The Kier molecular flexibility index (Phi) is 4.28. The lowest BCUT2D eigenvalue weighted by atomic mass is 10.1. The predicted octanol–water partition coefficient (Wildman–Crippen LogP) is 3.79. The van der Waals surface area contributed by atoms with E-state index in [1.165, 1.54) is 0 Å². The second-order valence-electron chi connectivity index (χ2n) is 5.92. The summed E-state index contributed by atoms with van der Waals surface area (Å²) in [6, 6.07) is 9.69. The summed E-state index contributed by atoms with van der Waals surface area (Å²) in [6.45, 7) is 1.71. The van der Waals surface area contributed by atoms with Crippen molar-refractivity contribution >= 4 is 17.3 Å². The van der Waals surface area contributed by atoms with Crippen LogP contribution in [0.2, 0.25) is 5.02 Å². The van der Waals surface area contributed by atoms with Crippen molar-refractivity contribution in [3.8, 4) is 17.1 Å². The number of para-hydroxylation sites is 1. The zero-order valence-electron chi connectivity index (χ0n) is 13.7. The second kappa shape index (κ2) is 6.72. The van der Waals surface area contributed by atoms with Gasteiger partial charge in [0.2, 0.25) is 11.7 Å². The van der Waals surface area contributed by atoms with Gasteiger partial charge in [0.15, 0.2) is 0 Å². The highest BCUT2D eigenvalue weighted by Gasteiger charge is 2.29. The van der Waals surface area contributed by atoms with Gasteiger partial charge >= 0.3 is 0 Å². The first-order valence-electron chi connectivity index (χ1n) is 8.07. The van der Waals surface area contributed by atoms with Crippen LogP contribution >= 0.6 is 11.6 Å². The van der Waals surface area contributed by atoms with Crippen molar-refractivity contribution < 1.29 is 9.26 Å². The number of benzene rings is 1. The van der Waals surface area contributed by atoms with Crippen molar-refractivity contribution in [3.63, 3.8) is 0 Å². The van der Waals surface area contributed by atoms with E-state index in [9.17, 15) is 0 Å². The number of hydrogen-bond acceptors (Lipinski definition) is 6. The molecule has 3 aromatic rings. The molecule has 1 aromatic carbocycles. The van der Waals surface area contributed by atoms with Crippen molar-refractivity contribution in [2.75, 3.05) is 25.1 Å². The smallest absolute Gasteiger partial charge is 0.231 e. The van der Waals surface area contributed by atoms with Gasteiger partial charge in [0.1, 0.15) is 5.75 Å². The molecule has 2 aromatic heterocycles. The molecule has 0 N–H and O–H groups in total. The number of pyridine rings is 1. The number of aromatic nitrogens is 3. The summed E-state index contributed by atoms with van der Waals surface area (Å²) in [4.78, 5) is 10.9. The minimum absolute atomic E-state index is 0.186. The lowest BCUT2D eigenvalue weighted by Gasteiger charge is -2.19. The predicted molar refractivity (Wildman–Crippen MR) is 95.1 cm³/mol. The molecule has 1 aliphatic heterocycles. The molecule has 1 atom stereocenters. The van der Waals surface area contributed by atoms with Crippen molar-refractivity contribution in [1.82, 2.24) is 15.1 Å². The number of anilines is 1. The number of ether oxygens (including phenoxy) is 1. The van der Waals surface area contributed by atoms with Crippen LogP contribution in [0, 0.1) is 0 Å². The molecule has 1 fully saturated rings. The molecule has 4 rings (SSSR count). The van der Waals surface area contributed by atoms with Gasteiger partial charge < -0.3 is 14.2 Å². The van der Waals surface area contributed by atoms with Crippen LogP contribution in [-0.2, 0) is 0 Å². The molecule has 3 heterocycles. The number of methoxy groups -OCH3 is 1. The lowest BCUT2D eigenvalue weighted by Crippen LogP contribution is -2.19. The molecular formula is C18H17ClN4O2. The van der Waals surface area contributed by atoms with Crippen molar-refractivity contribution in [2.24, 2.45) is 0 Å². The fraction of sp³-hybridized carbons (Fsp3) is 0.278. The summed E-state index contributed by atoms with van der Waals surface area (Å²) in [5.74, 6) is 1.97. The fourth-order valence-corrected chi connectivity index (χ4v) is 3.38. The van der Waals surface area contributed by atoms with E-state index in [1.807, 2.05) is 30.3 Å².